The number of hydrogen-bond acceptors (Lipinski definition) is 6. The van der Waals surface area contributed by atoms with Crippen LogP contribution in [0.4, 0.5) is 5.69 Å². The maximum absolute atomic E-state index is 11.7. The van der Waals surface area contributed by atoms with Crippen LogP contribution < -0.4 is 11.2 Å². The number of carbonyl (C=O) groups is 1. The van der Waals surface area contributed by atoms with Crippen molar-refractivity contribution >= 4 is 11.7 Å². The SMILES string of the molecule is CCCCOC(=O)Cn1c(=O)c([N+](=O)[O-])cn(C)c1=O. The minimum absolute atomic E-state index is 0.180. The standard InChI is InChI=1S/C11H15N3O6/c1-3-4-5-20-9(15)7-13-10(16)8(14(18)19)6-12(2)11(13)17/h6H,3-5,7H2,1-2H3. The summed E-state index contributed by atoms with van der Waals surface area (Å²) in [5, 5.41) is 10.7. The first-order chi connectivity index (χ1) is 9.38. The van der Waals surface area contributed by atoms with Crippen molar-refractivity contribution in [2.24, 2.45) is 7.05 Å². The van der Waals surface area contributed by atoms with E-state index in [9.17, 15) is 24.5 Å². The van der Waals surface area contributed by atoms with Crippen molar-refractivity contribution in [2.75, 3.05) is 6.61 Å². The smallest absolute Gasteiger partial charge is 0.350 e. The first-order valence-electron chi connectivity index (χ1n) is 5.99. The Morgan fingerprint density at radius 3 is 2.65 bits per heavy atom. The van der Waals surface area contributed by atoms with E-state index in [1.807, 2.05) is 6.92 Å². The van der Waals surface area contributed by atoms with Gasteiger partial charge < -0.3 is 4.74 Å². The fourth-order valence-corrected chi connectivity index (χ4v) is 1.48. The zero-order chi connectivity index (χ0) is 15.3. The second-order valence-electron chi connectivity index (χ2n) is 4.13. The molecule has 0 saturated heterocycles. The lowest BCUT2D eigenvalue weighted by Crippen LogP contribution is -2.41. The number of unbranched alkanes of at least 4 members (excludes halogenated alkanes) is 1. The maximum atomic E-state index is 11.7. The molecular formula is C11H15N3O6. The molecule has 0 amide bonds. The topological polar surface area (TPSA) is 113 Å². The number of ether oxygens (including phenoxy) is 1. The van der Waals surface area contributed by atoms with Crippen LogP contribution in [0, 0.1) is 10.1 Å². The highest BCUT2D eigenvalue weighted by Gasteiger charge is 2.20. The lowest BCUT2D eigenvalue weighted by Gasteiger charge is -2.07. The van der Waals surface area contributed by atoms with Gasteiger partial charge in [0.25, 0.3) is 0 Å². The summed E-state index contributed by atoms with van der Waals surface area (Å²) in [4.78, 5) is 44.8. The van der Waals surface area contributed by atoms with Crippen molar-refractivity contribution in [3.8, 4) is 0 Å². The Morgan fingerprint density at radius 2 is 2.10 bits per heavy atom. The van der Waals surface area contributed by atoms with Crippen molar-refractivity contribution in [2.45, 2.75) is 26.3 Å². The van der Waals surface area contributed by atoms with E-state index >= 15 is 0 Å². The summed E-state index contributed by atoms with van der Waals surface area (Å²) in [6, 6.07) is 0. The molecule has 0 aliphatic rings. The lowest BCUT2D eigenvalue weighted by molar-refractivity contribution is -0.387. The highest BCUT2D eigenvalue weighted by molar-refractivity contribution is 5.69. The van der Waals surface area contributed by atoms with Crippen LogP contribution in [-0.4, -0.2) is 26.6 Å². The molecule has 20 heavy (non-hydrogen) atoms. The molecule has 0 radical (unpaired) electrons. The summed E-state index contributed by atoms with van der Waals surface area (Å²) >= 11 is 0. The largest absolute Gasteiger partial charge is 0.464 e. The van der Waals surface area contributed by atoms with Crippen molar-refractivity contribution in [1.29, 1.82) is 0 Å². The van der Waals surface area contributed by atoms with E-state index in [1.54, 1.807) is 0 Å². The fourth-order valence-electron chi connectivity index (χ4n) is 1.48. The molecule has 0 bridgehead atoms. The molecule has 0 aliphatic carbocycles. The van der Waals surface area contributed by atoms with Gasteiger partial charge in [-0.1, -0.05) is 13.3 Å². The number of rotatable bonds is 6. The summed E-state index contributed by atoms with van der Waals surface area (Å²) in [7, 11) is 1.26. The number of carbonyl (C=O) groups excluding carboxylic acids is 1. The third-order valence-electron chi connectivity index (χ3n) is 2.56. The Bertz CT molecular complexity index is 630. The highest BCUT2D eigenvalue weighted by atomic mass is 16.6. The predicted molar refractivity (Wildman–Crippen MR) is 68.5 cm³/mol. The molecule has 9 nitrogen and oxygen atoms in total. The molecule has 0 N–H and O–H groups in total. The molecule has 1 heterocycles. The first kappa shape index (κ1) is 15.6. The number of aromatic nitrogens is 2. The van der Waals surface area contributed by atoms with Gasteiger partial charge in [0.15, 0.2) is 0 Å². The quantitative estimate of drug-likeness (QED) is 0.309. The molecule has 0 spiro atoms. The van der Waals surface area contributed by atoms with Crippen LogP contribution in [0.3, 0.4) is 0 Å². The second-order valence-corrected chi connectivity index (χ2v) is 4.13. The van der Waals surface area contributed by atoms with E-state index in [2.05, 4.69) is 0 Å². The molecule has 0 atom stereocenters. The van der Waals surface area contributed by atoms with Crippen molar-refractivity contribution in [1.82, 2.24) is 9.13 Å². The highest BCUT2D eigenvalue weighted by Crippen LogP contribution is 1.99. The molecule has 0 aliphatic heterocycles. The number of aryl methyl sites for hydroxylation is 1. The Hall–Kier alpha value is -2.45. The summed E-state index contributed by atoms with van der Waals surface area (Å²) in [5.41, 5.74) is -2.70. The van der Waals surface area contributed by atoms with Crippen LogP contribution in [0.1, 0.15) is 19.8 Å². The summed E-state index contributed by atoms with van der Waals surface area (Å²) < 4.78 is 6.19. The van der Waals surface area contributed by atoms with Crippen LogP contribution in [0.5, 0.6) is 0 Å². The zero-order valence-corrected chi connectivity index (χ0v) is 11.2. The van der Waals surface area contributed by atoms with Crippen LogP contribution in [0.15, 0.2) is 15.8 Å². The van der Waals surface area contributed by atoms with Gasteiger partial charge in [0.2, 0.25) is 0 Å². The monoisotopic (exact) mass is 285 g/mol. The summed E-state index contributed by atoms with van der Waals surface area (Å²) in [6.07, 6.45) is 2.31. The Balaban J connectivity index is 3.06. The fraction of sp³-hybridized carbons (Fsp3) is 0.545. The maximum Gasteiger partial charge on any atom is 0.350 e. The molecule has 0 aromatic carbocycles. The molecule has 9 heteroatoms. The normalized spacial score (nSPS) is 10.3. The molecule has 0 fully saturated rings. The zero-order valence-electron chi connectivity index (χ0n) is 11.2. The Labute approximate surface area is 113 Å². The van der Waals surface area contributed by atoms with Crippen LogP contribution >= 0.6 is 0 Å². The van der Waals surface area contributed by atoms with Gasteiger partial charge in [-0.05, 0) is 6.42 Å². The van der Waals surface area contributed by atoms with Gasteiger partial charge in [0.1, 0.15) is 6.54 Å². The molecule has 0 saturated carbocycles. The van der Waals surface area contributed by atoms with E-state index in [4.69, 9.17) is 4.74 Å². The average Bonchev–Trinajstić information content (AvgIpc) is 2.39. The number of nitro groups is 1. The molecule has 1 aromatic rings. The minimum atomic E-state index is -1.12. The van der Waals surface area contributed by atoms with Crippen LogP contribution in [0.2, 0.25) is 0 Å². The average molecular weight is 285 g/mol. The third kappa shape index (κ3) is 3.53. The van der Waals surface area contributed by atoms with E-state index in [0.717, 1.165) is 17.2 Å². The third-order valence-corrected chi connectivity index (χ3v) is 2.56. The number of hydrogen-bond donors (Lipinski definition) is 0. The van der Waals surface area contributed by atoms with Crippen molar-refractivity contribution in [3.05, 3.63) is 37.1 Å². The van der Waals surface area contributed by atoms with E-state index < -0.39 is 34.4 Å². The predicted octanol–water partition coefficient (Wildman–Crippen LogP) is -0.202. The summed E-state index contributed by atoms with van der Waals surface area (Å²) in [6.45, 7) is 1.45. The minimum Gasteiger partial charge on any atom is -0.464 e. The van der Waals surface area contributed by atoms with E-state index in [0.29, 0.717) is 11.0 Å². The molecular weight excluding hydrogens is 270 g/mol. The van der Waals surface area contributed by atoms with Gasteiger partial charge in [0.05, 0.1) is 17.7 Å². The van der Waals surface area contributed by atoms with Crippen molar-refractivity contribution in [3.63, 3.8) is 0 Å². The van der Waals surface area contributed by atoms with Crippen LogP contribution in [-0.2, 0) is 23.1 Å². The molecule has 0 unspecified atom stereocenters. The Morgan fingerprint density at radius 1 is 1.45 bits per heavy atom. The molecule has 1 rings (SSSR count). The van der Waals surface area contributed by atoms with Gasteiger partial charge in [-0.3, -0.25) is 24.3 Å². The van der Waals surface area contributed by atoms with Gasteiger partial charge in [0, 0.05) is 7.05 Å². The number of esters is 1. The lowest BCUT2D eigenvalue weighted by atomic mass is 10.4. The number of nitrogens with zero attached hydrogens (tertiary/aromatic N) is 3. The van der Waals surface area contributed by atoms with Gasteiger partial charge in [-0.25, -0.2) is 9.36 Å². The van der Waals surface area contributed by atoms with E-state index in [-0.39, 0.29) is 6.61 Å². The first-order valence-corrected chi connectivity index (χ1v) is 5.99. The van der Waals surface area contributed by atoms with Gasteiger partial charge in [-0.2, -0.15) is 0 Å². The second kappa shape index (κ2) is 6.64. The summed E-state index contributed by atoms with van der Waals surface area (Å²) in [5.74, 6) is -0.779. The van der Waals surface area contributed by atoms with Crippen LogP contribution in [0.25, 0.3) is 0 Å². The molecule has 110 valence electrons. The Kier molecular flexibility index (Phi) is 5.18. The van der Waals surface area contributed by atoms with Crippen molar-refractivity contribution < 1.29 is 14.5 Å². The molecule has 1 aromatic heterocycles. The van der Waals surface area contributed by atoms with Gasteiger partial charge >= 0.3 is 22.9 Å². The van der Waals surface area contributed by atoms with Gasteiger partial charge in [-0.15, -0.1) is 0 Å². The van der Waals surface area contributed by atoms with E-state index in [1.165, 1.54) is 7.05 Å².